The zero-order chi connectivity index (χ0) is 18.7. The van der Waals surface area contributed by atoms with Gasteiger partial charge in [-0.05, 0) is 37.5 Å². The molecule has 6 nitrogen and oxygen atoms in total. The van der Waals surface area contributed by atoms with Crippen molar-refractivity contribution in [2.24, 2.45) is 0 Å². The van der Waals surface area contributed by atoms with Crippen molar-refractivity contribution >= 4 is 5.91 Å². The van der Waals surface area contributed by atoms with Gasteiger partial charge < -0.3 is 14.8 Å². The minimum Gasteiger partial charge on any atom is -0.494 e. The Morgan fingerprint density at radius 3 is 2.73 bits per heavy atom. The molecule has 0 unspecified atom stereocenters. The molecule has 2 heterocycles. The van der Waals surface area contributed by atoms with Crippen molar-refractivity contribution in [2.75, 3.05) is 7.11 Å². The largest absolute Gasteiger partial charge is 0.494 e. The van der Waals surface area contributed by atoms with Crippen molar-refractivity contribution in [1.82, 2.24) is 15.1 Å². The number of methoxy groups -OCH3 is 1. The lowest BCUT2D eigenvalue weighted by atomic mass is 9.92. The highest BCUT2D eigenvalue weighted by atomic mass is 19.1. The number of carbonyl (C=O) groups excluding carboxylic acids is 1. The van der Waals surface area contributed by atoms with Crippen LogP contribution in [-0.2, 0) is 16.1 Å². The van der Waals surface area contributed by atoms with Crippen LogP contribution in [0.4, 0.5) is 4.39 Å². The third kappa shape index (κ3) is 4.04. The maximum atomic E-state index is 13.7. The number of benzene rings is 1. The van der Waals surface area contributed by atoms with Crippen LogP contribution in [0.25, 0.3) is 0 Å². The van der Waals surface area contributed by atoms with Gasteiger partial charge in [0.1, 0.15) is 0 Å². The SMILES string of the molecule is CCn1cc([C@@H]2C[C@H](NC(C)=O)C[C@H](c3ccc(F)c(OC)c3)O2)cn1. The number of carbonyl (C=O) groups is 1. The summed E-state index contributed by atoms with van der Waals surface area (Å²) in [6.45, 7) is 4.31. The van der Waals surface area contributed by atoms with E-state index in [9.17, 15) is 9.18 Å². The summed E-state index contributed by atoms with van der Waals surface area (Å²) < 4.78 is 26.9. The minimum atomic E-state index is -0.411. The van der Waals surface area contributed by atoms with Crippen molar-refractivity contribution in [3.8, 4) is 5.75 Å². The second-order valence-corrected chi connectivity index (χ2v) is 6.51. The summed E-state index contributed by atoms with van der Waals surface area (Å²) >= 11 is 0. The lowest BCUT2D eigenvalue weighted by molar-refractivity contribution is -0.122. The number of ether oxygens (including phenoxy) is 2. The van der Waals surface area contributed by atoms with Crippen molar-refractivity contribution in [3.05, 3.63) is 47.5 Å². The molecule has 1 aliphatic rings. The first-order valence-corrected chi connectivity index (χ1v) is 8.78. The summed E-state index contributed by atoms with van der Waals surface area (Å²) in [6, 6.07) is 4.70. The Kier molecular flexibility index (Phi) is 5.56. The lowest BCUT2D eigenvalue weighted by Gasteiger charge is -2.35. The Labute approximate surface area is 152 Å². The number of amides is 1. The first-order valence-electron chi connectivity index (χ1n) is 8.78. The molecular weight excluding hydrogens is 337 g/mol. The van der Waals surface area contributed by atoms with Gasteiger partial charge >= 0.3 is 0 Å². The maximum absolute atomic E-state index is 13.7. The van der Waals surface area contributed by atoms with E-state index in [-0.39, 0.29) is 29.9 Å². The van der Waals surface area contributed by atoms with E-state index in [0.29, 0.717) is 12.8 Å². The standard InChI is InChI=1S/C19H24FN3O3/c1-4-23-11-14(10-21-23)18-9-15(22-12(2)24)8-17(26-18)13-5-6-16(20)19(7-13)25-3/h5-7,10-11,15,17-18H,4,8-9H2,1-3H3,(H,22,24)/t15-,17-,18+/m1/s1. The predicted octanol–water partition coefficient (Wildman–Crippen LogP) is 3.15. The van der Waals surface area contributed by atoms with E-state index in [2.05, 4.69) is 10.4 Å². The summed E-state index contributed by atoms with van der Waals surface area (Å²) in [5.41, 5.74) is 1.80. The smallest absolute Gasteiger partial charge is 0.217 e. The van der Waals surface area contributed by atoms with Gasteiger partial charge in [0.25, 0.3) is 0 Å². The molecule has 0 saturated carbocycles. The fraction of sp³-hybridized carbons (Fsp3) is 0.474. The van der Waals surface area contributed by atoms with E-state index in [0.717, 1.165) is 17.7 Å². The van der Waals surface area contributed by atoms with Gasteiger partial charge in [-0.2, -0.15) is 5.10 Å². The molecule has 1 amide bonds. The molecule has 1 saturated heterocycles. The number of aromatic nitrogens is 2. The molecule has 1 aromatic heterocycles. The molecule has 3 rings (SSSR count). The fourth-order valence-corrected chi connectivity index (χ4v) is 3.35. The second kappa shape index (κ2) is 7.86. The number of halogens is 1. The number of rotatable bonds is 5. The lowest BCUT2D eigenvalue weighted by Crippen LogP contribution is -2.39. The highest BCUT2D eigenvalue weighted by Crippen LogP contribution is 2.39. The summed E-state index contributed by atoms with van der Waals surface area (Å²) in [5, 5.41) is 7.30. The van der Waals surface area contributed by atoms with E-state index in [1.807, 2.05) is 17.8 Å². The Morgan fingerprint density at radius 1 is 1.38 bits per heavy atom. The number of nitrogens with zero attached hydrogens (tertiary/aromatic N) is 2. The quantitative estimate of drug-likeness (QED) is 0.888. The highest BCUT2D eigenvalue weighted by Gasteiger charge is 2.32. The molecule has 2 aromatic rings. The van der Waals surface area contributed by atoms with E-state index in [1.165, 1.54) is 20.1 Å². The fourth-order valence-electron chi connectivity index (χ4n) is 3.35. The highest BCUT2D eigenvalue weighted by molar-refractivity contribution is 5.73. The molecule has 7 heteroatoms. The molecule has 1 fully saturated rings. The zero-order valence-electron chi connectivity index (χ0n) is 15.2. The summed E-state index contributed by atoms with van der Waals surface area (Å²) in [4.78, 5) is 11.6. The first kappa shape index (κ1) is 18.4. The molecule has 140 valence electrons. The molecule has 1 N–H and O–H groups in total. The van der Waals surface area contributed by atoms with Gasteiger partial charge in [0.15, 0.2) is 11.6 Å². The zero-order valence-corrected chi connectivity index (χ0v) is 15.2. The van der Waals surface area contributed by atoms with E-state index < -0.39 is 5.82 Å². The topological polar surface area (TPSA) is 65.4 Å². The Hall–Kier alpha value is -2.41. The molecule has 0 aliphatic carbocycles. The summed E-state index contributed by atoms with van der Waals surface area (Å²) in [6.07, 6.45) is 4.58. The van der Waals surface area contributed by atoms with Crippen LogP contribution in [0.2, 0.25) is 0 Å². The minimum absolute atomic E-state index is 0.0303. The molecule has 3 atom stereocenters. The number of nitrogens with one attached hydrogen (secondary N) is 1. The van der Waals surface area contributed by atoms with Crippen LogP contribution in [0.3, 0.4) is 0 Å². The summed E-state index contributed by atoms with van der Waals surface area (Å²) in [5.74, 6) is -0.301. The van der Waals surface area contributed by atoms with Crippen molar-refractivity contribution in [1.29, 1.82) is 0 Å². The van der Waals surface area contributed by atoms with Gasteiger partial charge in [-0.3, -0.25) is 9.48 Å². The molecule has 0 bridgehead atoms. The Balaban J connectivity index is 1.87. The van der Waals surface area contributed by atoms with E-state index >= 15 is 0 Å². The van der Waals surface area contributed by atoms with Gasteiger partial charge in [0.2, 0.25) is 5.91 Å². The van der Waals surface area contributed by atoms with Crippen LogP contribution in [0.1, 0.15) is 50.0 Å². The molecule has 0 radical (unpaired) electrons. The van der Waals surface area contributed by atoms with Gasteiger partial charge in [0, 0.05) is 31.3 Å². The third-order valence-electron chi connectivity index (χ3n) is 4.63. The molecule has 26 heavy (non-hydrogen) atoms. The Morgan fingerprint density at radius 2 is 2.12 bits per heavy atom. The van der Waals surface area contributed by atoms with E-state index in [1.54, 1.807) is 18.3 Å². The van der Waals surface area contributed by atoms with Crippen molar-refractivity contribution in [2.45, 2.75) is 51.5 Å². The van der Waals surface area contributed by atoms with Crippen LogP contribution in [0.5, 0.6) is 5.75 Å². The van der Waals surface area contributed by atoms with E-state index in [4.69, 9.17) is 9.47 Å². The molecule has 1 aromatic carbocycles. The van der Waals surface area contributed by atoms with Crippen LogP contribution in [0, 0.1) is 5.82 Å². The molecule has 0 spiro atoms. The van der Waals surface area contributed by atoms with Gasteiger partial charge in [-0.1, -0.05) is 6.07 Å². The van der Waals surface area contributed by atoms with Gasteiger partial charge in [0.05, 0.1) is 25.5 Å². The van der Waals surface area contributed by atoms with Crippen LogP contribution in [-0.4, -0.2) is 28.8 Å². The number of hydrogen-bond donors (Lipinski definition) is 1. The van der Waals surface area contributed by atoms with Crippen LogP contribution >= 0.6 is 0 Å². The van der Waals surface area contributed by atoms with Gasteiger partial charge in [-0.25, -0.2) is 4.39 Å². The number of hydrogen-bond acceptors (Lipinski definition) is 4. The first-order chi connectivity index (χ1) is 12.5. The normalized spacial score (nSPS) is 22.8. The average Bonchev–Trinajstić information content (AvgIpc) is 3.10. The summed E-state index contributed by atoms with van der Waals surface area (Å²) in [7, 11) is 1.44. The predicted molar refractivity (Wildman–Crippen MR) is 94.3 cm³/mol. The van der Waals surface area contributed by atoms with Gasteiger partial charge in [-0.15, -0.1) is 0 Å². The van der Waals surface area contributed by atoms with Crippen LogP contribution in [0.15, 0.2) is 30.6 Å². The Bertz CT molecular complexity index is 777. The maximum Gasteiger partial charge on any atom is 0.217 e. The third-order valence-corrected chi connectivity index (χ3v) is 4.63. The van der Waals surface area contributed by atoms with Crippen molar-refractivity contribution < 1.29 is 18.7 Å². The molecule has 1 aliphatic heterocycles. The van der Waals surface area contributed by atoms with Crippen LogP contribution < -0.4 is 10.1 Å². The monoisotopic (exact) mass is 361 g/mol. The molecular formula is C19H24FN3O3. The second-order valence-electron chi connectivity index (χ2n) is 6.51. The van der Waals surface area contributed by atoms with Crippen molar-refractivity contribution in [3.63, 3.8) is 0 Å². The number of aryl methyl sites for hydroxylation is 1. The average molecular weight is 361 g/mol.